The SMILES string of the molecule is COC1CN(c2ccc(/C=C/C(=O)O)c(Br)c2)CCC1C. The Hall–Kier alpha value is -1.33. The first-order chi connectivity index (χ1) is 10.0. The highest BCUT2D eigenvalue weighted by atomic mass is 79.9. The van der Waals surface area contributed by atoms with E-state index in [1.807, 2.05) is 18.2 Å². The van der Waals surface area contributed by atoms with E-state index in [0.717, 1.165) is 41.3 Å². The van der Waals surface area contributed by atoms with Gasteiger partial charge in [0.1, 0.15) is 0 Å². The van der Waals surface area contributed by atoms with Gasteiger partial charge in [-0.15, -0.1) is 0 Å². The van der Waals surface area contributed by atoms with Crippen LogP contribution in [0.4, 0.5) is 5.69 Å². The number of benzene rings is 1. The molecule has 1 aliphatic rings. The molecule has 0 aromatic heterocycles. The highest BCUT2D eigenvalue weighted by molar-refractivity contribution is 9.10. The molecule has 114 valence electrons. The summed E-state index contributed by atoms with van der Waals surface area (Å²) in [4.78, 5) is 12.9. The number of halogens is 1. The number of carbonyl (C=O) groups is 1. The summed E-state index contributed by atoms with van der Waals surface area (Å²) in [5.41, 5.74) is 1.98. The molecule has 0 amide bonds. The lowest BCUT2D eigenvalue weighted by Gasteiger charge is -2.37. The average Bonchev–Trinajstić information content (AvgIpc) is 2.46. The molecule has 5 heteroatoms. The smallest absolute Gasteiger partial charge is 0.328 e. The molecule has 1 saturated heterocycles. The third-order valence-corrected chi connectivity index (χ3v) is 4.63. The number of carboxylic acids is 1. The van der Waals surface area contributed by atoms with Crippen LogP contribution >= 0.6 is 15.9 Å². The van der Waals surface area contributed by atoms with Gasteiger partial charge in [0.05, 0.1) is 6.10 Å². The molecule has 0 bridgehead atoms. The van der Waals surface area contributed by atoms with Crippen LogP contribution in [0, 0.1) is 5.92 Å². The zero-order valence-electron chi connectivity index (χ0n) is 12.3. The maximum Gasteiger partial charge on any atom is 0.328 e. The predicted octanol–water partition coefficient (Wildman–Crippen LogP) is 3.41. The van der Waals surface area contributed by atoms with E-state index in [4.69, 9.17) is 9.84 Å². The Morgan fingerprint density at radius 2 is 2.29 bits per heavy atom. The summed E-state index contributed by atoms with van der Waals surface area (Å²) < 4.78 is 6.44. The van der Waals surface area contributed by atoms with Crippen molar-refractivity contribution < 1.29 is 14.6 Å². The van der Waals surface area contributed by atoms with Crippen LogP contribution in [-0.4, -0.2) is 37.4 Å². The van der Waals surface area contributed by atoms with Gasteiger partial charge in [-0.2, -0.15) is 0 Å². The molecule has 1 N–H and O–H groups in total. The van der Waals surface area contributed by atoms with Crippen LogP contribution < -0.4 is 4.90 Å². The molecule has 2 atom stereocenters. The second kappa shape index (κ2) is 7.09. The summed E-state index contributed by atoms with van der Waals surface area (Å²) in [6, 6.07) is 5.98. The second-order valence-electron chi connectivity index (χ2n) is 5.36. The molecule has 2 rings (SSSR count). The summed E-state index contributed by atoms with van der Waals surface area (Å²) in [6.45, 7) is 4.12. The summed E-state index contributed by atoms with van der Waals surface area (Å²) in [6.07, 6.45) is 4.09. The van der Waals surface area contributed by atoms with Gasteiger partial charge in [-0.25, -0.2) is 4.79 Å². The van der Waals surface area contributed by atoms with Crippen LogP contribution in [0.3, 0.4) is 0 Å². The van der Waals surface area contributed by atoms with Crippen LogP contribution in [0.25, 0.3) is 6.08 Å². The number of rotatable bonds is 4. The van der Waals surface area contributed by atoms with E-state index in [-0.39, 0.29) is 6.10 Å². The van der Waals surface area contributed by atoms with Crippen molar-refractivity contribution in [2.24, 2.45) is 5.92 Å². The van der Waals surface area contributed by atoms with Crippen molar-refractivity contribution >= 4 is 33.7 Å². The lowest BCUT2D eigenvalue weighted by atomic mass is 9.95. The topological polar surface area (TPSA) is 49.8 Å². The van der Waals surface area contributed by atoms with Gasteiger partial charge < -0.3 is 14.7 Å². The first-order valence-electron chi connectivity index (χ1n) is 6.99. The minimum Gasteiger partial charge on any atom is -0.478 e. The maximum absolute atomic E-state index is 10.6. The second-order valence-corrected chi connectivity index (χ2v) is 6.22. The van der Waals surface area contributed by atoms with Crippen molar-refractivity contribution in [2.45, 2.75) is 19.4 Å². The summed E-state index contributed by atoms with van der Waals surface area (Å²) >= 11 is 3.51. The van der Waals surface area contributed by atoms with Crippen LogP contribution in [0.15, 0.2) is 28.7 Å². The first-order valence-corrected chi connectivity index (χ1v) is 7.79. The van der Waals surface area contributed by atoms with Crippen LogP contribution in [0.5, 0.6) is 0 Å². The highest BCUT2D eigenvalue weighted by Crippen LogP contribution is 2.29. The lowest BCUT2D eigenvalue weighted by molar-refractivity contribution is -0.131. The lowest BCUT2D eigenvalue weighted by Crippen LogP contribution is -2.43. The number of methoxy groups -OCH3 is 1. The Bertz CT molecular complexity index is 544. The monoisotopic (exact) mass is 353 g/mol. The predicted molar refractivity (Wildman–Crippen MR) is 87.6 cm³/mol. The van der Waals surface area contributed by atoms with Gasteiger partial charge in [0.15, 0.2) is 0 Å². The minimum absolute atomic E-state index is 0.254. The standard InChI is InChI=1S/C16H20BrNO3/c1-11-7-8-18(10-15(11)21-2)13-5-3-12(14(17)9-13)4-6-16(19)20/h3-6,9,11,15H,7-8,10H2,1-2H3,(H,19,20)/b6-4+. The van der Waals surface area contributed by atoms with E-state index in [2.05, 4.69) is 27.8 Å². The molecule has 1 aromatic carbocycles. The number of carboxylic acid groups (broad SMARTS) is 1. The van der Waals surface area contributed by atoms with Gasteiger partial charge >= 0.3 is 5.97 Å². The summed E-state index contributed by atoms with van der Waals surface area (Å²) in [5, 5.41) is 8.68. The van der Waals surface area contributed by atoms with Crippen molar-refractivity contribution in [1.82, 2.24) is 0 Å². The van der Waals surface area contributed by atoms with E-state index >= 15 is 0 Å². The minimum atomic E-state index is -0.945. The summed E-state index contributed by atoms with van der Waals surface area (Å²) in [7, 11) is 1.76. The molecular weight excluding hydrogens is 334 g/mol. The molecule has 1 heterocycles. The molecule has 1 aliphatic heterocycles. The zero-order chi connectivity index (χ0) is 15.4. The van der Waals surface area contributed by atoms with Crippen molar-refractivity contribution in [2.75, 3.05) is 25.1 Å². The molecule has 21 heavy (non-hydrogen) atoms. The summed E-state index contributed by atoms with van der Waals surface area (Å²) in [5.74, 6) is -0.369. The van der Waals surface area contributed by atoms with Crippen molar-refractivity contribution in [1.29, 1.82) is 0 Å². The Morgan fingerprint density at radius 3 is 2.90 bits per heavy atom. The fourth-order valence-electron chi connectivity index (χ4n) is 2.58. The van der Waals surface area contributed by atoms with Gasteiger partial charge in [0, 0.05) is 36.4 Å². The average molecular weight is 354 g/mol. The first kappa shape index (κ1) is 16.0. The van der Waals surface area contributed by atoms with E-state index in [0.29, 0.717) is 5.92 Å². The highest BCUT2D eigenvalue weighted by Gasteiger charge is 2.26. The van der Waals surface area contributed by atoms with E-state index in [1.54, 1.807) is 13.2 Å². The normalized spacial score (nSPS) is 22.7. The third kappa shape index (κ3) is 4.08. The molecule has 2 unspecified atom stereocenters. The molecule has 0 spiro atoms. The Kier molecular flexibility index (Phi) is 5.42. The van der Waals surface area contributed by atoms with Crippen molar-refractivity contribution in [3.05, 3.63) is 34.3 Å². The number of anilines is 1. The molecule has 1 aromatic rings. The van der Waals surface area contributed by atoms with E-state index in [9.17, 15) is 4.79 Å². The van der Waals surface area contributed by atoms with Crippen molar-refractivity contribution in [3.63, 3.8) is 0 Å². The van der Waals surface area contributed by atoms with Gasteiger partial charge in [-0.3, -0.25) is 0 Å². The van der Waals surface area contributed by atoms with Crippen LogP contribution in [0.2, 0.25) is 0 Å². The number of hydrogen-bond donors (Lipinski definition) is 1. The number of aliphatic carboxylic acids is 1. The Morgan fingerprint density at radius 1 is 1.52 bits per heavy atom. The van der Waals surface area contributed by atoms with Crippen molar-refractivity contribution in [3.8, 4) is 0 Å². The van der Waals surface area contributed by atoms with Gasteiger partial charge in [-0.1, -0.05) is 28.9 Å². The number of piperidine rings is 1. The van der Waals surface area contributed by atoms with Crippen LogP contribution in [0.1, 0.15) is 18.9 Å². The largest absolute Gasteiger partial charge is 0.478 e. The zero-order valence-corrected chi connectivity index (χ0v) is 13.8. The molecule has 0 aliphatic carbocycles. The van der Waals surface area contributed by atoms with Gasteiger partial charge in [-0.05, 0) is 36.1 Å². The Balaban J connectivity index is 2.14. The quantitative estimate of drug-likeness (QED) is 0.842. The number of nitrogens with zero attached hydrogens (tertiary/aromatic N) is 1. The van der Waals surface area contributed by atoms with E-state index < -0.39 is 5.97 Å². The molecular formula is C16H20BrNO3. The van der Waals surface area contributed by atoms with Gasteiger partial charge in [0.25, 0.3) is 0 Å². The fourth-order valence-corrected chi connectivity index (χ4v) is 3.08. The molecule has 4 nitrogen and oxygen atoms in total. The molecule has 0 radical (unpaired) electrons. The Labute approximate surface area is 133 Å². The fraction of sp³-hybridized carbons (Fsp3) is 0.438. The molecule has 0 saturated carbocycles. The molecule has 1 fully saturated rings. The maximum atomic E-state index is 10.6. The van der Waals surface area contributed by atoms with Gasteiger partial charge in [0.2, 0.25) is 0 Å². The van der Waals surface area contributed by atoms with E-state index in [1.165, 1.54) is 0 Å². The number of ether oxygens (including phenoxy) is 1. The number of hydrogen-bond acceptors (Lipinski definition) is 3. The van der Waals surface area contributed by atoms with Crippen LogP contribution in [-0.2, 0) is 9.53 Å². The third-order valence-electron chi connectivity index (χ3n) is 3.95.